The van der Waals surface area contributed by atoms with Gasteiger partial charge in [0.2, 0.25) is 0 Å². The van der Waals surface area contributed by atoms with Crippen molar-refractivity contribution in [2.75, 3.05) is 6.54 Å². The summed E-state index contributed by atoms with van der Waals surface area (Å²) in [6.45, 7) is 7.29. The van der Waals surface area contributed by atoms with E-state index in [0.717, 1.165) is 31.6 Å². The molecule has 0 spiro atoms. The molecule has 1 atom stereocenters. The molecule has 102 valence electrons. The van der Waals surface area contributed by atoms with Crippen molar-refractivity contribution in [3.05, 3.63) is 0 Å². The monoisotopic (exact) mass is 241 g/mol. The maximum Gasteiger partial charge on any atom is 0.0636 e. The second kappa shape index (κ2) is 6.75. The first-order valence-corrected chi connectivity index (χ1v) is 7.51. The molecule has 1 aliphatic carbocycles. The van der Waals surface area contributed by atoms with Crippen molar-refractivity contribution in [3.8, 4) is 0 Å². The first kappa shape index (κ1) is 15.0. The Bertz CT molecular complexity index is 205. The zero-order chi connectivity index (χ0) is 12.9. The van der Waals surface area contributed by atoms with Crippen molar-refractivity contribution in [3.63, 3.8) is 0 Å². The lowest BCUT2D eigenvalue weighted by Gasteiger charge is -2.45. The highest BCUT2D eigenvalue weighted by Gasteiger charge is 2.42. The molecule has 1 unspecified atom stereocenters. The first-order chi connectivity index (χ1) is 8.13. The molecule has 0 amide bonds. The van der Waals surface area contributed by atoms with Crippen LogP contribution >= 0.6 is 0 Å². The van der Waals surface area contributed by atoms with Gasteiger partial charge in [-0.05, 0) is 37.5 Å². The first-order valence-electron chi connectivity index (χ1n) is 7.51. The summed E-state index contributed by atoms with van der Waals surface area (Å²) in [6, 6.07) is 0. The number of aliphatic hydroxyl groups is 1. The van der Waals surface area contributed by atoms with Gasteiger partial charge in [-0.3, -0.25) is 0 Å². The van der Waals surface area contributed by atoms with Gasteiger partial charge in [0, 0.05) is 12.0 Å². The summed E-state index contributed by atoms with van der Waals surface area (Å²) in [7, 11) is 0. The predicted octanol–water partition coefficient (Wildman–Crippen LogP) is 3.33. The lowest BCUT2D eigenvalue weighted by molar-refractivity contribution is -0.0468. The number of hydrogen-bond acceptors (Lipinski definition) is 2. The molecule has 0 aliphatic heterocycles. The van der Waals surface area contributed by atoms with Gasteiger partial charge >= 0.3 is 0 Å². The maximum atomic E-state index is 10.7. The molecule has 0 aromatic carbocycles. The fourth-order valence-electron chi connectivity index (χ4n) is 3.52. The number of nitrogens with two attached hydrogens (primary N) is 1. The molecular weight excluding hydrogens is 210 g/mol. The van der Waals surface area contributed by atoms with E-state index in [0.29, 0.717) is 12.5 Å². The Labute approximate surface area is 107 Å². The van der Waals surface area contributed by atoms with Gasteiger partial charge in [0.1, 0.15) is 0 Å². The Morgan fingerprint density at radius 2 is 1.71 bits per heavy atom. The molecule has 0 heterocycles. The number of aliphatic hydroxyl groups excluding tert-OH is 1. The summed E-state index contributed by atoms with van der Waals surface area (Å²) in [5, 5.41) is 10.7. The summed E-state index contributed by atoms with van der Waals surface area (Å²) in [4.78, 5) is 0. The molecule has 1 aliphatic rings. The van der Waals surface area contributed by atoms with Gasteiger partial charge in [0.15, 0.2) is 0 Å². The largest absolute Gasteiger partial charge is 0.392 e. The van der Waals surface area contributed by atoms with Crippen LogP contribution in [-0.4, -0.2) is 17.8 Å². The SMILES string of the molecule is CCC1CCC(CN)(C(O)C(CC)CC)CC1. The lowest BCUT2D eigenvalue weighted by Crippen LogP contribution is -2.47. The van der Waals surface area contributed by atoms with Crippen LogP contribution in [0.15, 0.2) is 0 Å². The third-order valence-electron chi connectivity index (χ3n) is 5.21. The van der Waals surface area contributed by atoms with E-state index in [1.54, 1.807) is 0 Å². The average Bonchev–Trinajstić information content (AvgIpc) is 2.40. The molecule has 3 N–H and O–H groups in total. The summed E-state index contributed by atoms with van der Waals surface area (Å²) in [5.74, 6) is 1.29. The van der Waals surface area contributed by atoms with Crippen LogP contribution in [0.1, 0.15) is 65.7 Å². The molecule has 0 aromatic heterocycles. The highest BCUT2D eigenvalue weighted by molar-refractivity contribution is 4.94. The Morgan fingerprint density at radius 3 is 2.06 bits per heavy atom. The molecule has 17 heavy (non-hydrogen) atoms. The van der Waals surface area contributed by atoms with E-state index in [1.807, 2.05) is 0 Å². The zero-order valence-corrected chi connectivity index (χ0v) is 11.9. The fraction of sp³-hybridized carbons (Fsp3) is 1.00. The smallest absolute Gasteiger partial charge is 0.0636 e. The van der Waals surface area contributed by atoms with Crippen LogP contribution < -0.4 is 5.73 Å². The molecule has 2 nitrogen and oxygen atoms in total. The molecule has 0 radical (unpaired) electrons. The predicted molar refractivity (Wildman–Crippen MR) is 73.8 cm³/mol. The van der Waals surface area contributed by atoms with E-state index >= 15 is 0 Å². The van der Waals surface area contributed by atoms with Gasteiger partial charge in [-0.1, -0.05) is 40.0 Å². The lowest BCUT2D eigenvalue weighted by atomic mass is 9.63. The highest BCUT2D eigenvalue weighted by atomic mass is 16.3. The minimum absolute atomic E-state index is 0.0162. The summed E-state index contributed by atoms with van der Waals surface area (Å²) < 4.78 is 0. The van der Waals surface area contributed by atoms with E-state index in [4.69, 9.17) is 5.73 Å². The normalized spacial score (nSPS) is 31.8. The summed E-state index contributed by atoms with van der Waals surface area (Å²) in [5.41, 5.74) is 6.03. The molecular formula is C15H31NO. The van der Waals surface area contributed by atoms with Crippen LogP contribution in [0.4, 0.5) is 0 Å². The van der Waals surface area contributed by atoms with Crippen molar-refractivity contribution >= 4 is 0 Å². The zero-order valence-electron chi connectivity index (χ0n) is 11.9. The second-order valence-corrected chi connectivity index (χ2v) is 5.94. The van der Waals surface area contributed by atoms with Crippen LogP contribution in [0.2, 0.25) is 0 Å². The summed E-state index contributed by atoms with van der Waals surface area (Å²) >= 11 is 0. The van der Waals surface area contributed by atoms with Gasteiger partial charge in [-0.2, -0.15) is 0 Å². The topological polar surface area (TPSA) is 46.2 Å². The van der Waals surface area contributed by atoms with E-state index in [1.165, 1.54) is 19.3 Å². The number of rotatable bonds is 6. The second-order valence-electron chi connectivity index (χ2n) is 5.94. The van der Waals surface area contributed by atoms with Gasteiger partial charge in [-0.15, -0.1) is 0 Å². The quantitative estimate of drug-likeness (QED) is 0.749. The van der Waals surface area contributed by atoms with Crippen LogP contribution in [-0.2, 0) is 0 Å². The van der Waals surface area contributed by atoms with Crippen LogP contribution in [0.5, 0.6) is 0 Å². The third kappa shape index (κ3) is 3.23. The van der Waals surface area contributed by atoms with E-state index in [9.17, 15) is 5.11 Å². The van der Waals surface area contributed by atoms with Gasteiger partial charge in [0.25, 0.3) is 0 Å². The molecule has 0 aromatic rings. The maximum absolute atomic E-state index is 10.7. The molecule has 0 saturated heterocycles. The Balaban J connectivity index is 2.69. The van der Waals surface area contributed by atoms with Crippen molar-refractivity contribution in [2.24, 2.45) is 23.0 Å². The molecule has 1 fully saturated rings. The average molecular weight is 241 g/mol. The fourth-order valence-corrected chi connectivity index (χ4v) is 3.52. The third-order valence-corrected chi connectivity index (χ3v) is 5.21. The number of hydrogen-bond donors (Lipinski definition) is 2. The minimum Gasteiger partial charge on any atom is -0.392 e. The summed E-state index contributed by atoms with van der Waals surface area (Å²) in [6.07, 6.45) is 7.98. The van der Waals surface area contributed by atoms with E-state index < -0.39 is 0 Å². The molecule has 2 heteroatoms. The Morgan fingerprint density at radius 1 is 1.18 bits per heavy atom. The van der Waals surface area contributed by atoms with Crippen molar-refractivity contribution in [1.29, 1.82) is 0 Å². The van der Waals surface area contributed by atoms with Crippen LogP contribution in [0.3, 0.4) is 0 Å². The molecule has 0 bridgehead atoms. The van der Waals surface area contributed by atoms with Gasteiger partial charge in [0.05, 0.1) is 6.10 Å². The minimum atomic E-state index is -0.194. The van der Waals surface area contributed by atoms with Crippen molar-refractivity contribution in [1.82, 2.24) is 0 Å². The Kier molecular flexibility index (Phi) is 5.94. The van der Waals surface area contributed by atoms with Crippen LogP contribution in [0.25, 0.3) is 0 Å². The van der Waals surface area contributed by atoms with Crippen LogP contribution in [0, 0.1) is 17.3 Å². The van der Waals surface area contributed by atoms with E-state index in [2.05, 4.69) is 20.8 Å². The Hall–Kier alpha value is -0.0800. The standard InChI is InChI=1S/C15H31NO/c1-4-12-7-9-15(11-16,10-8-12)14(17)13(5-2)6-3/h12-14,17H,4-11,16H2,1-3H3. The molecule has 1 rings (SSSR count). The van der Waals surface area contributed by atoms with Crippen molar-refractivity contribution < 1.29 is 5.11 Å². The van der Waals surface area contributed by atoms with E-state index in [-0.39, 0.29) is 11.5 Å². The van der Waals surface area contributed by atoms with Gasteiger partial charge in [-0.25, -0.2) is 0 Å². The van der Waals surface area contributed by atoms with Crippen molar-refractivity contribution in [2.45, 2.75) is 71.8 Å². The highest BCUT2D eigenvalue weighted by Crippen LogP contribution is 2.44. The molecule has 1 saturated carbocycles. The van der Waals surface area contributed by atoms with Gasteiger partial charge < -0.3 is 10.8 Å².